The van der Waals surface area contributed by atoms with Crippen molar-refractivity contribution in [2.45, 2.75) is 38.3 Å². The van der Waals surface area contributed by atoms with Crippen LogP contribution in [0.4, 0.5) is 4.39 Å². The number of aromatic nitrogens is 1. The molecule has 2 heterocycles. The molecule has 0 N–H and O–H groups in total. The molecule has 3 aromatic rings. The number of rotatable bonds is 2. The minimum Gasteiger partial charge on any atom is -0.341 e. The predicted octanol–water partition coefficient (Wildman–Crippen LogP) is 4.81. The molecule has 0 radical (unpaired) electrons. The summed E-state index contributed by atoms with van der Waals surface area (Å²) in [6, 6.07) is 14.5. The lowest BCUT2D eigenvalue weighted by Gasteiger charge is -2.24. The maximum atomic E-state index is 13.2. The van der Waals surface area contributed by atoms with Crippen LogP contribution >= 0.6 is 0 Å². The van der Waals surface area contributed by atoms with Crippen LogP contribution in [0.5, 0.6) is 0 Å². The van der Waals surface area contributed by atoms with Gasteiger partial charge in [0.15, 0.2) is 0 Å². The molecule has 3 heteroatoms. The number of halogens is 1. The molecule has 0 spiro atoms. The Morgan fingerprint density at radius 3 is 2.68 bits per heavy atom. The highest BCUT2D eigenvalue weighted by atomic mass is 19.1. The fraction of sp³-hybridized carbons (Fsp3) is 0.364. The van der Waals surface area contributed by atoms with Crippen LogP contribution in [0.15, 0.2) is 42.5 Å². The minimum absolute atomic E-state index is 0.150. The van der Waals surface area contributed by atoms with Crippen molar-refractivity contribution in [3.05, 3.63) is 70.7 Å². The Hall–Kier alpha value is -2.13. The first-order chi connectivity index (χ1) is 12.1. The number of aryl methyl sites for hydroxylation is 1. The number of fused-ring (bicyclic) bond motifs is 3. The average Bonchev–Trinajstić information content (AvgIpc) is 3.32. The van der Waals surface area contributed by atoms with E-state index in [-0.39, 0.29) is 5.82 Å². The first kappa shape index (κ1) is 15.2. The van der Waals surface area contributed by atoms with Crippen LogP contribution in [0.2, 0.25) is 0 Å². The fourth-order valence-corrected chi connectivity index (χ4v) is 4.56. The van der Waals surface area contributed by atoms with E-state index in [1.807, 2.05) is 12.1 Å². The Bertz CT molecular complexity index is 954. The molecule has 25 heavy (non-hydrogen) atoms. The van der Waals surface area contributed by atoms with Crippen LogP contribution in [0, 0.1) is 12.7 Å². The predicted molar refractivity (Wildman–Crippen MR) is 99.5 cm³/mol. The molecule has 2 aliphatic rings. The Morgan fingerprint density at radius 1 is 1.08 bits per heavy atom. The molecule has 0 unspecified atom stereocenters. The topological polar surface area (TPSA) is 8.17 Å². The molecule has 1 aromatic heterocycles. The summed E-state index contributed by atoms with van der Waals surface area (Å²) in [4.78, 5) is 2.42. The number of hydrogen-bond acceptors (Lipinski definition) is 1. The molecule has 2 atom stereocenters. The summed E-state index contributed by atoms with van der Waals surface area (Å²) >= 11 is 0. The van der Waals surface area contributed by atoms with Gasteiger partial charge in [-0.05, 0) is 55.8 Å². The quantitative estimate of drug-likeness (QED) is 0.653. The summed E-state index contributed by atoms with van der Waals surface area (Å²) in [5.74, 6) is 0.365. The van der Waals surface area contributed by atoms with Gasteiger partial charge in [-0.2, -0.15) is 0 Å². The Kier molecular flexibility index (Phi) is 3.29. The molecule has 128 valence electrons. The SMILES string of the molecule is Cc1ccc2c(c1)c1c(n2[C@H]2C[C@@H]2c2ccc(F)cc2)CCN(C)C1. The molecule has 5 rings (SSSR count). The van der Waals surface area contributed by atoms with Crippen LogP contribution < -0.4 is 0 Å². The van der Waals surface area contributed by atoms with Gasteiger partial charge in [0.05, 0.1) is 0 Å². The molecule has 1 fully saturated rings. The average molecular weight is 334 g/mol. The second-order valence-electron chi connectivity index (χ2n) is 7.76. The van der Waals surface area contributed by atoms with Gasteiger partial charge in [-0.15, -0.1) is 0 Å². The summed E-state index contributed by atoms with van der Waals surface area (Å²) in [5, 5.41) is 1.42. The van der Waals surface area contributed by atoms with Crippen molar-refractivity contribution in [3.63, 3.8) is 0 Å². The third-order valence-electron chi connectivity index (χ3n) is 5.92. The van der Waals surface area contributed by atoms with Crippen molar-refractivity contribution >= 4 is 10.9 Å². The lowest BCUT2D eigenvalue weighted by atomic mass is 10.0. The molecule has 1 aliphatic carbocycles. The molecule has 0 amide bonds. The maximum Gasteiger partial charge on any atom is 0.123 e. The second-order valence-corrected chi connectivity index (χ2v) is 7.76. The minimum atomic E-state index is -0.150. The summed E-state index contributed by atoms with van der Waals surface area (Å²) in [6.45, 7) is 4.33. The molecule has 2 nitrogen and oxygen atoms in total. The van der Waals surface area contributed by atoms with E-state index in [1.165, 1.54) is 33.3 Å². The fourth-order valence-electron chi connectivity index (χ4n) is 4.56. The van der Waals surface area contributed by atoms with Crippen molar-refractivity contribution in [3.8, 4) is 0 Å². The molecule has 2 aromatic carbocycles. The van der Waals surface area contributed by atoms with Crippen molar-refractivity contribution in [1.29, 1.82) is 0 Å². The maximum absolute atomic E-state index is 13.2. The smallest absolute Gasteiger partial charge is 0.123 e. The van der Waals surface area contributed by atoms with Gasteiger partial charge in [-0.1, -0.05) is 23.8 Å². The van der Waals surface area contributed by atoms with Gasteiger partial charge >= 0.3 is 0 Å². The highest BCUT2D eigenvalue weighted by Gasteiger charge is 2.42. The van der Waals surface area contributed by atoms with Crippen molar-refractivity contribution in [2.75, 3.05) is 13.6 Å². The van der Waals surface area contributed by atoms with E-state index in [0.29, 0.717) is 12.0 Å². The monoisotopic (exact) mass is 334 g/mol. The summed E-state index contributed by atoms with van der Waals surface area (Å²) in [5.41, 5.74) is 7.00. The number of nitrogens with zero attached hydrogens (tertiary/aromatic N) is 2. The van der Waals surface area contributed by atoms with E-state index in [9.17, 15) is 4.39 Å². The highest BCUT2D eigenvalue weighted by molar-refractivity contribution is 5.87. The van der Waals surface area contributed by atoms with E-state index >= 15 is 0 Å². The zero-order valence-electron chi connectivity index (χ0n) is 14.8. The van der Waals surface area contributed by atoms with E-state index in [4.69, 9.17) is 0 Å². The third kappa shape index (κ3) is 2.41. The van der Waals surface area contributed by atoms with E-state index in [1.54, 1.807) is 12.1 Å². The molecule has 1 saturated carbocycles. The largest absolute Gasteiger partial charge is 0.341 e. The lowest BCUT2D eigenvalue weighted by Crippen LogP contribution is -2.27. The Morgan fingerprint density at radius 2 is 1.88 bits per heavy atom. The van der Waals surface area contributed by atoms with Gasteiger partial charge in [-0.3, -0.25) is 0 Å². The zero-order valence-corrected chi connectivity index (χ0v) is 14.8. The van der Waals surface area contributed by atoms with E-state index in [0.717, 1.165) is 25.9 Å². The van der Waals surface area contributed by atoms with Gasteiger partial charge in [0.25, 0.3) is 0 Å². The molecular formula is C22H23FN2. The number of hydrogen-bond donors (Lipinski definition) is 0. The standard InChI is InChI=1S/C22H23FN2/c1-14-3-8-20-18(11-14)19-13-24(2)10-9-21(19)25(20)22-12-17(22)15-4-6-16(23)7-5-15/h3-8,11,17,22H,9-10,12-13H2,1-2H3/t17-,22+/m1/s1. The summed E-state index contributed by atoms with van der Waals surface area (Å²) in [7, 11) is 2.21. The van der Waals surface area contributed by atoms with Crippen LogP contribution in [0.3, 0.4) is 0 Å². The second kappa shape index (κ2) is 5.43. The number of benzene rings is 2. The van der Waals surface area contributed by atoms with Crippen LogP contribution in [0.25, 0.3) is 10.9 Å². The van der Waals surface area contributed by atoms with Crippen LogP contribution in [-0.4, -0.2) is 23.1 Å². The van der Waals surface area contributed by atoms with Crippen LogP contribution in [0.1, 0.15) is 40.8 Å². The Balaban J connectivity index is 1.61. The van der Waals surface area contributed by atoms with Gasteiger partial charge < -0.3 is 9.47 Å². The first-order valence-electron chi connectivity index (χ1n) is 9.18. The van der Waals surface area contributed by atoms with Crippen molar-refractivity contribution in [2.24, 2.45) is 0 Å². The third-order valence-corrected chi connectivity index (χ3v) is 5.92. The molecule has 0 bridgehead atoms. The van der Waals surface area contributed by atoms with Crippen LogP contribution in [-0.2, 0) is 13.0 Å². The summed E-state index contributed by atoms with van der Waals surface area (Å²) in [6.07, 6.45) is 2.28. The van der Waals surface area contributed by atoms with Gasteiger partial charge in [0.2, 0.25) is 0 Å². The zero-order chi connectivity index (χ0) is 17.1. The number of likely N-dealkylation sites (N-methyl/N-ethyl adjacent to an activating group) is 1. The lowest BCUT2D eigenvalue weighted by molar-refractivity contribution is 0.309. The summed E-state index contributed by atoms with van der Waals surface area (Å²) < 4.78 is 15.8. The Labute approximate surface area is 147 Å². The molecular weight excluding hydrogens is 311 g/mol. The van der Waals surface area contributed by atoms with E-state index < -0.39 is 0 Å². The van der Waals surface area contributed by atoms with Crippen molar-refractivity contribution in [1.82, 2.24) is 9.47 Å². The highest BCUT2D eigenvalue weighted by Crippen LogP contribution is 2.54. The van der Waals surface area contributed by atoms with E-state index in [2.05, 4.69) is 41.6 Å². The normalized spacial score (nSPS) is 23.0. The van der Waals surface area contributed by atoms with Crippen molar-refractivity contribution < 1.29 is 4.39 Å². The van der Waals surface area contributed by atoms with Gasteiger partial charge in [0.1, 0.15) is 5.82 Å². The van der Waals surface area contributed by atoms with Gasteiger partial charge in [-0.25, -0.2) is 4.39 Å². The molecule has 0 saturated heterocycles. The first-order valence-corrected chi connectivity index (χ1v) is 9.18. The van der Waals surface area contributed by atoms with Gasteiger partial charge in [0, 0.05) is 48.1 Å². The molecule has 1 aliphatic heterocycles.